The zero-order chi connectivity index (χ0) is 32.8. The summed E-state index contributed by atoms with van der Waals surface area (Å²) in [6.07, 6.45) is 3.25. The summed E-state index contributed by atoms with van der Waals surface area (Å²) in [5.41, 5.74) is 2.04. The molecule has 0 fully saturated rings. The van der Waals surface area contributed by atoms with Gasteiger partial charge in [-0.25, -0.2) is 14.7 Å². The van der Waals surface area contributed by atoms with Crippen molar-refractivity contribution in [2.45, 2.75) is 39.7 Å². The van der Waals surface area contributed by atoms with Gasteiger partial charge >= 0.3 is 6.09 Å². The molecule has 0 spiro atoms. The molecule has 2 aromatic heterocycles. The Morgan fingerprint density at radius 1 is 1.09 bits per heavy atom. The van der Waals surface area contributed by atoms with E-state index in [-0.39, 0.29) is 33.0 Å². The van der Waals surface area contributed by atoms with Crippen molar-refractivity contribution >= 4 is 26.3 Å². The lowest BCUT2D eigenvalue weighted by atomic mass is 9.93. The number of carbonyl (C=O) groups excluding carboxylic acids is 2. The van der Waals surface area contributed by atoms with Gasteiger partial charge in [0.15, 0.2) is 11.5 Å². The van der Waals surface area contributed by atoms with E-state index >= 15 is 0 Å². The third-order valence-corrected chi connectivity index (χ3v) is 7.98. The Balaban J connectivity index is 1.58. The minimum Gasteiger partial charge on any atom is -0.497 e. The second-order valence-corrected chi connectivity index (χ2v) is 12.4. The quantitative estimate of drug-likeness (QED) is 0.180. The molecule has 1 aliphatic rings. The van der Waals surface area contributed by atoms with Crippen LogP contribution in [0, 0.1) is 11.3 Å². The van der Waals surface area contributed by atoms with Crippen molar-refractivity contribution in [3.05, 3.63) is 88.6 Å². The van der Waals surface area contributed by atoms with E-state index in [4.69, 9.17) is 28.7 Å². The van der Waals surface area contributed by atoms with Gasteiger partial charge in [0.2, 0.25) is 12.7 Å². The summed E-state index contributed by atoms with van der Waals surface area (Å²) in [6.45, 7) is 7.26. The molecular formula is C35H34N3O7P. The average molecular weight is 640 g/mol. The maximum atomic E-state index is 13.4. The fraction of sp³-hybridized carbons (Fsp3) is 0.257. The zero-order valence-electron chi connectivity index (χ0n) is 26.2. The smallest absolute Gasteiger partial charge is 0.417 e. The molecule has 0 aliphatic carbocycles. The van der Waals surface area contributed by atoms with Gasteiger partial charge in [-0.2, -0.15) is 5.26 Å². The standard InChI is InChI=1S/C35H34N3O7P/c1-6-27-25(9-7-17-38(34(40)45-35(2,3)4)33(39)30-10-8-18-46-30)31(22-11-13-23(41-5)14-12-22)26(20-36)32(37-27)44-24-15-16-28-29(19-24)43-21-42-28/h7-16,18-19,46H,6,17,21H2,1-5H3. The number of hydrogen-bond donors (Lipinski definition) is 0. The van der Waals surface area contributed by atoms with Crippen LogP contribution in [0.4, 0.5) is 4.79 Å². The molecule has 0 saturated carbocycles. The summed E-state index contributed by atoms with van der Waals surface area (Å²) in [7, 11) is 1.75. The van der Waals surface area contributed by atoms with Crippen molar-refractivity contribution < 1.29 is 33.3 Å². The van der Waals surface area contributed by atoms with Crippen LogP contribution in [0.15, 0.2) is 66.5 Å². The third-order valence-electron chi connectivity index (χ3n) is 6.92. The Labute approximate surface area is 269 Å². The van der Waals surface area contributed by atoms with Crippen LogP contribution in [0.25, 0.3) is 17.2 Å². The molecular weight excluding hydrogens is 605 g/mol. The number of pyridine rings is 1. The molecule has 1 unspecified atom stereocenters. The first kappa shape index (κ1) is 32.1. The van der Waals surface area contributed by atoms with Crippen molar-refractivity contribution in [3.8, 4) is 46.1 Å². The third kappa shape index (κ3) is 7.17. The topological polar surface area (TPSA) is 120 Å². The SMILES string of the molecule is CCc1nc(Oc2ccc3c(c2)OCO3)c(C#N)c(-c2ccc(OC)cc2)c1C=CCN(C(=O)OC(C)(C)C)C(=O)c1ccc[pH]1. The number of imide groups is 1. The Morgan fingerprint density at radius 2 is 1.83 bits per heavy atom. The maximum Gasteiger partial charge on any atom is 0.417 e. The summed E-state index contributed by atoms with van der Waals surface area (Å²) in [5.74, 6) is 3.83. The van der Waals surface area contributed by atoms with Crippen molar-refractivity contribution in [3.63, 3.8) is 0 Å². The molecule has 236 valence electrons. The van der Waals surface area contributed by atoms with Crippen molar-refractivity contribution in [1.82, 2.24) is 9.88 Å². The molecule has 10 nitrogen and oxygen atoms in total. The van der Waals surface area contributed by atoms with E-state index in [1.54, 1.807) is 82.5 Å². The Morgan fingerprint density at radius 3 is 2.48 bits per heavy atom. The fourth-order valence-corrected chi connectivity index (χ4v) is 5.63. The molecule has 0 saturated heterocycles. The number of nitrogens with zero attached hydrogens (tertiary/aromatic N) is 3. The van der Waals surface area contributed by atoms with E-state index in [0.29, 0.717) is 51.5 Å². The van der Waals surface area contributed by atoms with Crippen molar-refractivity contribution in [1.29, 1.82) is 5.26 Å². The van der Waals surface area contributed by atoms with Gasteiger partial charge in [0.25, 0.3) is 5.91 Å². The van der Waals surface area contributed by atoms with E-state index in [9.17, 15) is 14.9 Å². The molecule has 4 aromatic rings. The number of methoxy groups -OCH3 is 1. The van der Waals surface area contributed by atoms with Crippen LogP contribution in [-0.4, -0.2) is 47.9 Å². The molecule has 46 heavy (non-hydrogen) atoms. The van der Waals surface area contributed by atoms with Gasteiger partial charge in [-0.1, -0.05) is 37.3 Å². The number of fused-ring (bicyclic) bond motifs is 1. The molecule has 1 atom stereocenters. The number of nitriles is 1. The highest BCUT2D eigenvalue weighted by molar-refractivity contribution is 7.31. The first-order chi connectivity index (χ1) is 22.1. The van der Waals surface area contributed by atoms with Crippen LogP contribution < -0.4 is 18.9 Å². The number of benzene rings is 2. The molecule has 2 amide bonds. The lowest BCUT2D eigenvalue weighted by molar-refractivity contribution is 0.0262. The molecule has 5 rings (SSSR count). The highest BCUT2D eigenvalue weighted by Crippen LogP contribution is 2.40. The fourth-order valence-electron chi connectivity index (χ4n) is 4.80. The van der Waals surface area contributed by atoms with E-state index in [1.165, 1.54) is 0 Å². The van der Waals surface area contributed by atoms with Gasteiger partial charge in [0.05, 0.1) is 24.6 Å². The van der Waals surface area contributed by atoms with Gasteiger partial charge in [0.1, 0.15) is 28.7 Å². The number of aryl methyl sites for hydroxylation is 1. The lowest BCUT2D eigenvalue weighted by Gasteiger charge is -2.25. The second-order valence-electron chi connectivity index (χ2n) is 11.2. The monoisotopic (exact) mass is 639 g/mol. The Kier molecular flexibility index (Phi) is 9.64. The normalized spacial score (nSPS) is 12.3. The van der Waals surface area contributed by atoms with Crippen LogP contribution in [0.1, 0.15) is 54.6 Å². The second kappa shape index (κ2) is 13.8. The minimum atomic E-state index is -0.791. The van der Waals surface area contributed by atoms with Crippen LogP contribution in [0.3, 0.4) is 0 Å². The zero-order valence-corrected chi connectivity index (χ0v) is 27.2. The average Bonchev–Trinajstić information content (AvgIpc) is 3.74. The number of aromatic nitrogens is 1. The largest absolute Gasteiger partial charge is 0.497 e. The number of amides is 2. The summed E-state index contributed by atoms with van der Waals surface area (Å²) >= 11 is 0. The highest BCUT2D eigenvalue weighted by Gasteiger charge is 2.28. The van der Waals surface area contributed by atoms with Crippen LogP contribution >= 0.6 is 8.19 Å². The van der Waals surface area contributed by atoms with Gasteiger partial charge in [-0.05, 0) is 68.9 Å². The first-order valence-electron chi connectivity index (χ1n) is 14.7. The van der Waals surface area contributed by atoms with Gasteiger partial charge < -0.3 is 23.7 Å². The molecule has 0 radical (unpaired) electrons. The van der Waals surface area contributed by atoms with E-state index in [0.717, 1.165) is 10.5 Å². The molecule has 11 heteroatoms. The van der Waals surface area contributed by atoms with Gasteiger partial charge in [-0.3, -0.25) is 4.79 Å². The van der Waals surface area contributed by atoms with Crippen molar-refractivity contribution in [2.75, 3.05) is 20.4 Å². The Bertz CT molecular complexity index is 1800. The number of hydrogen-bond acceptors (Lipinski definition) is 9. The summed E-state index contributed by atoms with van der Waals surface area (Å²) < 4.78 is 28.0. The molecule has 0 bridgehead atoms. The van der Waals surface area contributed by atoms with Crippen LogP contribution in [0.2, 0.25) is 0 Å². The van der Waals surface area contributed by atoms with Crippen LogP contribution in [-0.2, 0) is 11.2 Å². The van der Waals surface area contributed by atoms with E-state index in [1.807, 2.05) is 24.9 Å². The number of carbonyl (C=O) groups is 2. The predicted molar refractivity (Wildman–Crippen MR) is 175 cm³/mol. The molecule has 2 aromatic carbocycles. The first-order valence-corrected chi connectivity index (χ1v) is 15.7. The molecule has 0 N–H and O–H groups in total. The molecule has 1 aliphatic heterocycles. The highest BCUT2D eigenvalue weighted by atomic mass is 31.0. The summed E-state index contributed by atoms with van der Waals surface area (Å²) in [4.78, 5) is 32.4. The molecule has 3 heterocycles. The number of rotatable bonds is 9. The summed E-state index contributed by atoms with van der Waals surface area (Å²) in [6, 6.07) is 18.3. The van der Waals surface area contributed by atoms with E-state index < -0.39 is 17.6 Å². The lowest BCUT2D eigenvalue weighted by Crippen LogP contribution is -2.40. The predicted octanol–water partition coefficient (Wildman–Crippen LogP) is 7.83. The van der Waals surface area contributed by atoms with Gasteiger partial charge in [-0.15, -0.1) is 8.19 Å². The Hall–Kier alpha value is -5.26. The van der Waals surface area contributed by atoms with Crippen LogP contribution in [0.5, 0.6) is 28.9 Å². The minimum absolute atomic E-state index is 0.0574. The number of ether oxygens (including phenoxy) is 5. The van der Waals surface area contributed by atoms with E-state index in [2.05, 4.69) is 6.07 Å². The summed E-state index contributed by atoms with van der Waals surface area (Å²) in [5, 5.41) is 11.0. The van der Waals surface area contributed by atoms with Crippen molar-refractivity contribution in [2.24, 2.45) is 0 Å². The van der Waals surface area contributed by atoms with Gasteiger partial charge in [0, 0.05) is 17.2 Å². The maximum absolute atomic E-state index is 13.4.